The Balaban J connectivity index is 1.69. The molecule has 2 saturated heterocycles. The van der Waals surface area contributed by atoms with E-state index in [9.17, 15) is 9.59 Å². The fraction of sp³-hybridized carbons (Fsp3) is 0.846. The molecule has 0 aliphatic carbocycles. The van der Waals surface area contributed by atoms with Crippen LogP contribution in [0.25, 0.3) is 0 Å². The summed E-state index contributed by atoms with van der Waals surface area (Å²) in [6.45, 7) is 7.57. The summed E-state index contributed by atoms with van der Waals surface area (Å²) in [5, 5.41) is 15.2. The number of piperazine rings is 1. The first-order chi connectivity index (χ1) is 10.1. The minimum absolute atomic E-state index is 0.0840. The summed E-state index contributed by atoms with van der Waals surface area (Å²) in [6, 6.07) is -0.974. The maximum atomic E-state index is 12.1. The number of hydrogen-bond acceptors (Lipinski definition) is 5. The number of carboxylic acid groups (broad SMARTS) is 1. The summed E-state index contributed by atoms with van der Waals surface area (Å²) in [5.74, 6) is -0.465. The van der Waals surface area contributed by atoms with E-state index >= 15 is 0 Å². The molecule has 0 saturated carbocycles. The van der Waals surface area contributed by atoms with Crippen LogP contribution in [-0.4, -0.2) is 83.3 Å². The Kier molecular flexibility index (Phi) is 6.13. The van der Waals surface area contributed by atoms with Crippen LogP contribution < -0.4 is 10.6 Å². The maximum absolute atomic E-state index is 12.1. The predicted molar refractivity (Wildman–Crippen MR) is 82.5 cm³/mol. The van der Waals surface area contributed by atoms with Crippen LogP contribution in [0.4, 0.5) is 4.79 Å². The second-order valence-corrected chi connectivity index (χ2v) is 6.72. The number of hydrogen-bond donors (Lipinski definition) is 3. The van der Waals surface area contributed by atoms with Gasteiger partial charge in [-0.25, -0.2) is 9.59 Å². The number of carbonyl (C=O) groups is 2. The third-order valence-electron chi connectivity index (χ3n) is 3.88. The molecule has 2 aliphatic rings. The van der Waals surface area contributed by atoms with E-state index in [0.29, 0.717) is 12.3 Å². The van der Waals surface area contributed by atoms with Crippen molar-refractivity contribution in [2.45, 2.75) is 24.8 Å². The molecule has 8 heteroatoms. The molecule has 2 aliphatic heterocycles. The minimum atomic E-state index is -0.928. The van der Waals surface area contributed by atoms with Gasteiger partial charge in [-0.1, -0.05) is 0 Å². The molecule has 0 spiro atoms. The summed E-state index contributed by atoms with van der Waals surface area (Å²) in [7, 11) is 0. The van der Waals surface area contributed by atoms with Crippen molar-refractivity contribution in [2.24, 2.45) is 0 Å². The van der Waals surface area contributed by atoms with E-state index in [4.69, 9.17) is 5.11 Å². The number of nitrogens with one attached hydrogen (secondary N) is 2. The monoisotopic (exact) mass is 316 g/mol. The largest absolute Gasteiger partial charge is 0.480 e. The first-order valence-electron chi connectivity index (χ1n) is 7.43. The molecule has 2 rings (SSSR count). The highest BCUT2D eigenvalue weighted by atomic mass is 32.2. The molecule has 2 fully saturated rings. The lowest BCUT2D eigenvalue weighted by Crippen LogP contribution is -2.50. The molecule has 120 valence electrons. The van der Waals surface area contributed by atoms with Crippen LogP contribution in [-0.2, 0) is 4.79 Å². The molecule has 0 bridgehead atoms. The van der Waals surface area contributed by atoms with E-state index in [1.165, 1.54) is 16.7 Å². The number of carboxylic acids is 1. The van der Waals surface area contributed by atoms with Crippen molar-refractivity contribution in [2.75, 3.05) is 45.0 Å². The molecule has 7 nitrogen and oxygen atoms in total. The van der Waals surface area contributed by atoms with E-state index in [1.54, 1.807) is 0 Å². The van der Waals surface area contributed by atoms with Crippen molar-refractivity contribution in [3.8, 4) is 0 Å². The molecule has 3 N–H and O–H groups in total. The predicted octanol–water partition coefficient (Wildman–Crippen LogP) is -0.161. The van der Waals surface area contributed by atoms with Gasteiger partial charge in [-0.3, -0.25) is 4.90 Å². The zero-order valence-electron chi connectivity index (χ0n) is 12.4. The van der Waals surface area contributed by atoms with Gasteiger partial charge < -0.3 is 20.6 Å². The SMILES string of the molecule is CC1SCC(C(=O)O)N1C(=O)NCCCN1CCNCC1. The number of thioether (sulfide) groups is 1. The third kappa shape index (κ3) is 4.49. The molecule has 2 heterocycles. The Bertz CT molecular complexity index is 376. The fourth-order valence-electron chi connectivity index (χ4n) is 2.67. The first kappa shape index (κ1) is 16.4. The number of urea groups is 1. The summed E-state index contributed by atoms with van der Waals surface area (Å²) < 4.78 is 0. The van der Waals surface area contributed by atoms with E-state index in [0.717, 1.165) is 39.1 Å². The number of nitrogens with zero attached hydrogens (tertiary/aromatic N) is 2. The van der Waals surface area contributed by atoms with Crippen molar-refractivity contribution in [1.82, 2.24) is 20.4 Å². The summed E-state index contributed by atoms with van der Waals surface area (Å²) in [6.07, 6.45) is 0.888. The lowest BCUT2D eigenvalue weighted by molar-refractivity contribution is -0.141. The summed E-state index contributed by atoms with van der Waals surface area (Å²) >= 11 is 1.50. The van der Waals surface area contributed by atoms with Crippen LogP contribution in [0.15, 0.2) is 0 Å². The number of carbonyl (C=O) groups excluding carboxylic acids is 1. The van der Waals surface area contributed by atoms with Crippen LogP contribution >= 0.6 is 11.8 Å². The van der Waals surface area contributed by atoms with Gasteiger partial charge in [0.05, 0.1) is 5.37 Å². The Morgan fingerprint density at radius 3 is 2.76 bits per heavy atom. The Labute approximate surface area is 129 Å². The zero-order chi connectivity index (χ0) is 15.2. The molecular weight excluding hydrogens is 292 g/mol. The van der Waals surface area contributed by atoms with Crippen LogP contribution in [0.5, 0.6) is 0 Å². The highest BCUT2D eigenvalue weighted by molar-refractivity contribution is 8.00. The quantitative estimate of drug-likeness (QED) is 0.611. The van der Waals surface area contributed by atoms with Crippen molar-refractivity contribution >= 4 is 23.8 Å². The van der Waals surface area contributed by atoms with Gasteiger partial charge in [-0.05, 0) is 19.9 Å². The molecule has 2 unspecified atom stereocenters. The van der Waals surface area contributed by atoms with Gasteiger partial charge in [0.25, 0.3) is 0 Å². The van der Waals surface area contributed by atoms with Crippen LogP contribution in [0.1, 0.15) is 13.3 Å². The third-order valence-corrected chi connectivity index (χ3v) is 5.10. The highest BCUT2D eigenvalue weighted by Gasteiger charge is 2.39. The number of aliphatic carboxylic acids is 1. The van der Waals surface area contributed by atoms with E-state index in [1.807, 2.05) is 6.92 Å². The average Bonchev–Trinajstić information content (AvgIpc) is 2.86. The first-order valence-corrected chi connectivity index (χ1v) is 8.48. The highest BCUT2D eigenvalue weighted by Crippen LogP contribution is 2.28. The lowest BCUT2D eigenvalue weighted by atomic mass is 10.3. The molecule has 0 aromatic carbocycles. The fourth-order valence-corrected chi connectivity index (χ4v) is 3.83. The average molecular weight is 316 g/mol. The van der Waals surface area contributed by atoms with Crippen molar-refractivity contribution < 1.29 is 14.7 Å². The normalized spacial score (nSPS) is 26.8. The number of amides is 2. The van der Waals surface area contributed by atoms with Crippen LogP contribution in [0.3, 0.4) is 0 Å². The van der Waals surface area contributed by atoms with Gasteiger partial charge >= 0.3 is 12.0 Å². The van der Waals surface area contributed by atoms with E-state index < -0.39 is 12.0 Å². The van der Waals surface area contributed by atoms with Gasteiger partial charge in [0.1, 0.15) is 6.04 Å². The summed E-state index contributed by atoms with van der Waals surface area (Å²) in [5.41, 5.74) is 0. The summed E-state index contributed by atoms with van der Waals surface area (Å²) in [4.78, 5) is 27.1. The van der Waals surface area contributed by atoms with Crippen molar-refractivity contribution in [3.63, 3.8) is 0 Å². The standard InChI is InChI=1S/C13H24N4O3S/c1-10-17(11(9-21-10)12(18)19)13(20)15-3-2-6-16-7-4-14-5-8-16/h10-11,14H,2-9H2,1H3,(H,15,20)(H,18,19). The van der Waals surface area contributed by atoms with E-state index in [2.05, 4.69) is 15.5 Å². The molecule has 0 aromatic heterocycles. The topological polar surface area (TPSA) is 84.9 Å². The van der Waals surface area contributed by atoms with Gasteiger partial charge in [0.15, 0.2) is 0 Å². The second-order valence-electron chi connectivity index (χ2n) is 5.37. The van der Waals surface area contributed by atoms with Crippen LogP contribution in [0, 0.1) is 0 Å². The van der Waals surface area contributed by atoms with Crippen molar-refractivity contribution in [3.05, 3.63) is 0 Å². The Hall–Kier alpha value is -0.990. The molecule has 0 aromatic rings. The second kappa shape index (κ2) is 7.86. The van der Waals surface area contributed by atoms with Crippen molar-refractivity contribution in [1.29, 1.82) is 0 Å². The molecule has 2 amide bonds. The van der Waals surface area contributed by atoms with Gasteiger partial charge in [0, 0.05) is 38.5 Å². The number of rotatable bonds is 5. The molecule has 0 radical (unpaired) electrons. The molecule has 2 atom stereocenters. The van der Waals surface area contributed by atoms with Gasteiger partial charge in [-0.15, -0.1) is 11.8 Å². The Morgan fingerprint density at radius 1 is 1.38 bits per heavy atom. The zero-order valence-corrected chi connectivity index (χ0v) is 13.2. The minimum Gasteiger partial charge on any atom is -0.480 e. The molecular formula is C13H24N4O3S. The van der Waals surface area contributed by atoms with Crippen LogP contribution in [0.2, 0.25) is 0 Å². The molecule has 21 heavy (non-hydrogen) atoms. The lowest BCUT2D eigenvalue weighted by Gasteiger charge is -2.28. The Morgan fingerprint density at radius 2 is 2.10 bits per heavy atom. The smallest absolute Gasteiger partial charge is 0.327 e. The van der Waals surface area contributed by atoms with E-state index in [-0.39, 0.29) is 11.4 Å². The van der Waals surface area contributed by atoms with Gasteiger partial charge in [0.2, 0.25) is 0 Å². The van der Waals surface area contributed by atoms with Gasteiger partial charge in [-0.2, -0.15) is 0 Å². The maximum Gasteiger partial charge on any atom is 0.327 e.